The van der Waals surface area contributed by atoms with Gasteiger partial charge in [0.15, 0.2) is 39.6 Å². The van der Waals surface area contributed by atoms with Crippen LogP contribution in [0.15, 0.2) is 36.4 Å². The minimum Gasteiger partial charge on any atom is -0.493 e. The van der Waals surface area contributed by atoms with Crippen molar-refractivity contribution in [1.82, 2.24) is 9.80 Å². The van der Waals surface area contributed by atoms with E-state index in [1.165, 1.54) is 0 Å². The van der Waals surface area contributed by atoms with Gasteiger partial charge in [0.2, 0.25) is 0 Å². The zero-order valence-corrected chi connectivity index (χ0v) is 50.0. The molecule has 0 spiro atoms. The fourth-order valence-corrected chi connectivity index (χ4v) is 13.4. The monoisotopic (exact) mass is 1070 g/mol. The van der Waals surface area contributed by atoms with Crippen molar-refractivity contribution < 1.29 is 46.9 Å². The van der Waals surface area contributed by atoms with Gasteiger partial charge in [-0.05, 0) is 98.8 Å². The first-order valence-electron chi connectivity index (χ1n) is 25.8. The van der Waals surface area contributed by atoms with E-state index in [-0.39, 0.29) is 50.7 Å². The number of ether oxygens (including phenoxy) is 5. The fourth-order valence-electron chi connectivity index (χ4n) is 8.65. The molecule has 18 heteroatoms. The second kappa shape index (κ2) is 24.4. The predicted octanol–water partition coefficient (Wildman–Crippen LogP) is 12.8. The van der Waals surface area contributed by atoms with Crippen molar-refractivity contribution in [3.05, 3.63) is 47.5 Å². The third-order valence-corrected chi connectivity index (χ3v) is 27.7. The van der Waals surface area contributed by atoms with Gasteiger partial charge in [-0.15, -0.1) is 0 Å². The van der Waals surface area contributed by atoms with Gasteiger partial charge in [0.1, 0.15) is 6.61 Å². The Labute approximate surface area is 441 Å². The van der Waals surface area contributed by atoms with Crippen molar-refractivity contribution in [1.29, 1.82) is 0 Å². The standard InChI is InChI=1S/C54H88N4O10S2Si2/c1-17-69-70-54(22-21-23-54)36-66-50(61)56-43-30-47(45(63-12)28-41(43)49(60)58-35-53(9,10)31-39(58)34-68-72(15,16)52(6,7)8)65-25-20-18-19-24-64-46-29-42(55)40(27-44(46)62-11)48(59)57-32-37(2)26-38(57)33-67-71(13,14)51(3,4)5/h27-30,38-39H,2,17-26,31-36,55H2,1,3-16H3,(H,56,61)/t38-,39-/m0/s1. The second-order valence-corrected chi connectivity index (χ2v) is 36.4. The largest absolute Gasteiger partial charge is 0.493 e. The number of anilines is 2. The van der Waals surface area contributed by atoms with Crippen LogP contribution in [0.2, 0.25) is 36.3 Å². The molecule has 2 heterocycles. The minimum atomic E-state index is -2.10. The fraction of sp³-hybridized carbons (Fsp3) is 0.685. The maximum atomic E-state index is 14.8. The Hall–Kier alpha value is -3.56. The molecule has 2 atom stereocenters. The third kappa shape index (κ3) is 15.1. The van der Waals surface area contributed by atoms with Crippen LogP contribution in [-0.4, -0.2) is 127 Å². The number of methoxy groups -OCH3 is 2. The quantitative estimate of drug-likeness (QED) is 0.0336. The maximum Gasteiger partial charge on any atom is 0.411 e. The number of nitrogens with two attached hydrogens (primary N) is 1. The molecule has 0 bridgehead atoms. The number of hydrogen-bond donors (Lipinski definition) is 2. The van der Waals surface area contributed by atoms with E-state index in [9.17, 15) is 14.4 Å². The SMILES string of the molecule is C=C1C[C@@H](CO[Si](C)(C)C(C)(C)C)N(C(=O)c2cc(OC)c(OCCCCCOc3cc(NC(=O)OCC4(SSCC)CCC4)c(C(=O)N4CC(C)(C)C[C@H]4CO[Si](C)(C)C(C)(C)C)cc3OC)cc2N)C1. The van der Waals surface area contributed by atoms with Crippen molar-refractivity contribution in [3.63, 3.8) is 0 Å². The normalized spacial score (nSPS) is 19.0. The molecule has 1 aliphatic carbocycles. The Morgan fingerprint density at radius 3 is 1.86 bits per heavy atom. The molecule has 0 radical (unpaired) electrons. The molecule has 2 aromatic rings. The van der Waals surface area contributed by atoms with Gasteiger partial charge in [0.05, 0.1) is 74.3 Å². The highest BCUT2D eigenvalue weighted by atomic mass is 33.1. The number of nitrogen functional groups attached to an aromatic ring is 1. The summed E-state index contributed by atoms with van der Waals surface area (Å²) in [6.07, 6.45) is 6.07. The molecule has 72 heavy (non-hydrogen) atoms. The summed E-state index contributed by atoms with van der Waals surface area (Å²) < 4.78 is 43.0. The maximum absolute atomic E-state index is 14.8. The number of carbonyl (C=O) groups excluding carboxylic acids is 3. The predicted molar refractivity (Wildman–Crippen MR) is 301 cm³/mol. The summed E-state index contributed by atoms with van der Waals surface area (Å²) in [7, 11) is 2.54. The number of hydrogen-bond acceptors (Lipinski definition) is 13. The number of unbranched alkanes of at least 4 members (excludes halogenated alkanes) is 2. The van der Waals surface area contributed by atoms with E-state index in [4.69, 9.17) is 38.3 Å². The molecule has 3 fully saturated rings. The van der Waals surface area contributed by atoms with Crippen LogP contribution < -0.4 is 30.0 Å². The van der Waals surface area contributed by atoms with Gasteiger partial charge in [0, 0.05) is 36.7 Å². The lowest BCUT2D eigenvalue weighted by atomic mass is 9.85. The van der Waals surface area contributed by atoms with Crippen LogP contribution in [0, 0.1) is 5.41 Å². The number of benzene rings is 2. The van der Waals surface area contributed by atoms with E-state index in [1.807, 2.05) is 9.80 Å². The zero-order chi connectivity index (χ0) is 53.5. The minimum absolute atomic E-state index is 0.0208. The molecule has 2 aliphatic heterocycles. The molecule has 1 saturated carbocycles. The Kier molecular flexibility index (Phi) is 20.1. The Balaban J connectivity index is 1.24. The van der Waals surface area contributed by atoms with Crippen molar-refractivity contribution in [2.45, 2.75) is 167 Å². The number of nitrogens with one attached hydrogen (secondary N) is 1. The van der Waals surface area contributed by atoms with Gasteiger partial charge in [-0.25, -0.2) is 4.79 Å². The molecule has 2 saturated heterocycles. The summed E-state index contributed by atoms with van der Waals surface area (Å²) in [4.78, 5) is 46.1. The van der Waals surface area contributed by atoms with Crippen molar-refractivity contribution in [2.24, 2.45) is 5.41 Å². The molecule has 2 aromatic carbocycles. The molecule has 14 nitrogen and oxygen atoms in total. The topological polar surface area (TPSA) is 160 Å². The van der Waals surface area contributed by atoms with Gasteiger partial charge in [0.25, 0.3) is 11.8 Å². The molecule has 404 valence electrons. The van der Waals surface area contributed by atoms with Crippen molar-refractivity contribution in [3.8, 4) is 23.0 Å². The van der Waals surface area contributed by atoms with E-state index in [1.54, 1.807) is 60.1 Å². The Bertz CT molecular complexity index is 2230. The van der Waals surface area contributed by atoms with E-state index < -0.39 is 22.7 Å². The summed E-state index contributed by atoms with van der Waals surface area (Å²) in [5.41, 5.74) is 8.64. The average Bonchev–Trinajstić information content (AvgIpc) is 3.82. The molecule has 3 amide bonds. The Morgan fingerprint density at radius 2 is 1.33 bits per heavy atom. The zero-order valence-electron chi connectivity index (χ0n) is 46.4. The number of nitrogens with zero attached hydrogens (tertiary/aromatic N) is 2. The molecule has 0 unspecified atom stereocenters. The lowest BCUT2D eigenvalue weighted by molar-refractivity contribution is 0.0674. The summed E-state index contributed by atoms with van der Waals surface area (Å²) in [5, 5.41) is 3.01. The van der Waals surface area contributed by atoms with Gasteiger partial charge < -0.3 is 48.1 Å². The highest BCUT2D eigenvalue weighted by molar-refractivity contribution is 8.77. The van der Waals surface area contributed by atoms with Crippen molar-refractivity contribution in [2.75, 3.05) is 77.1 Å². The summed E-state index contributed by atoms with van der Waals surface area (Å²) in [6.45, 7) is 35.7. The number of carbonyl (C=O) groups is 3. The Morgan fingerprint density at radius 1 is 0.792 bits per heavy atom. The summed E-state index contributed by atoms with van der Waals surface area (Å²) >= 11 is 0. The lowest BCUT2D eigenvalue weighted by Gasteiger charge is -2.39. The molecule has 3 aliphatic rings. The summed E-state index contributed by atoms with van der Waals surface area (Å²) in [6, 6.07) is 6.39. The van der Waals surface area contributed by atoms with Crippen molar-refractivity contribution >= 4 is 67.5 Å². The highest BCUT2D eigenvalue weighted by Crippen LogP contribution is 2.50. The highest BCUT2D eigenvalue weighted by Gasteiger charge is 2.45. The molecule has 3 N–H and O–H groups in total. The third-order valence-electron chi connectivity index (χ3n) is 15.3. The van der Waals surface area contributed by atoms with Gasteiger partial charge in [-0.2, -0.15) is 0 Å². The van der Waals surface area contributed by atoms with Crippen LogP contribution in [0.3, 0.4) is 0 Å². The van der Waals surface area contributed by atoms with E-state index in [0.717, 1.165) is 43.4 Å². The van der Waals surface area contributed by atoms with E-state index in [2.05, 4.69) is 100 Å². The van der Waals surface area contributed by atoms with Gasteiger partial charge in [-0.1, -0.05) is 102 Å². The summed E-state index contributed by atoms with van der Waals surface area (Å²) in [5.74, 6) is 2.22. The van der Waals surface area contributed by atoms with Gasteiger partial charge in [-0.3, -0.25) is 14.9 Å². The van der Waals surface area contributed by atoms with Crippen LogP contribution in [0.5, 0.6) is 23.0 Å². The lowest BCUT2D eigenvalue weighted by Crippen LogP contribution is -2.46. The smallest absolute Gasteiger partial charge is 0.411 e. The van der Waals surface area contributed by atoms with Crippen LogP contribution in [0.25, 0.3) is 0 Å². The molecule has 0 aromatic heterocycles. The average molecular weight is 1070 g/mol. The number of likely N-dealkylation sites (tertiary alicyclic amines) is 2. The molecular weight excluding hydrogens is 985 g/mol. The van der Waals surface area contributed by atoms with Crippen LogP contribution >= 0.6 is 21.6 Å². The first kappa shape index (κ1) is 59.3. The number of rotatable bonds is 24. The molecular formula is C54H88N4O10S2Si2. The van der Waals surface area contributed by atoms with Gasteiger partial charge >= 0.3 is 6.09 Å². The van der Waals surface area contributed by atoms with Crippen LogP contribution in [0.1, 0.15) is 134 Å². The van der Waals surface area contributed by atoms with E-state index in [0.29, 0.717) is 104 Å². The van der Waals surface area contributed by atoms with E-state index >= 15 is 0 Å². The van der Waals surface area contributed by atoms with Crippen LogP contribution in [-0.2, 0) is 13.6 Å². The van der Waals surface area contributed by atoms with Crippen LogP contribution in [0.4, 0.5) is 16.2 Å². The number of amides is 3. The first-order chi connectivity index (χ1) is 33.6. The second-order valence-electron chi connectivity index (χ2n) is 23.8. The molecule has 5 rings (SSSR count). The first-order valence-corrected chi connectivity index (χ1v) is 34.0.